The van der Waals surface area contributed by atoms with Crippen molar-refractivity contribution in [3.63, 3.8) is 0 Å². The molecule has 0 aliphatic carbocycles. The van der Waals surface area contributed by atoms with Gasteiger partial charge in [-0.3, -0.25) is 9.48 Å². The van der Waals surface area contributed by atoms with Crippen molar-refractivity contribution < 1.29 is 4.79 Å². The minimum Gasteiger partial charge on any atom is -0.368 e. The molecule has 1 heterocycles. The van der Waals surface area contributed by atoms with Gasteiger partial charge in [0.2, 0.25) is 5.91 Å². The van der Waals surface area contributed by atoms with Crippen molar-refractivity contribution in [2.24, 2.45) is 11.7 Å². The SMILES string of the molecule is CCn1cc(C(NCC(C)C)C(N)=O)cn1. The van der Waals surface area contributed by atoms with E-state index in [0.29, 0.717) is 5.92 Å². The van der Waals surface area contributed by atoms with Crippen molar-refractivity contribution in [1.29, 1.82) is 0 Å². The third kappa shape index (κ3) is 3.34. The highest BCUT2D eigenvalue weighted by molar-refractivity contribution is 5.81. The Morgan fingerprint density at radius 2 is 2.31 bits per heavy atom. The predicted molar refractivity (Wildman–Crippen MR) is 62.7 cm³/mol. The number of hydrogen-bond acceptors (Lipinski definition) is 3. The maximum absolute atomic E-state index is 11.3. The average Bonchev–Trinajstić information content (AvgIpc) is 2.65. The number of carbonyl (C=O) groups is 1. The summed E-state index contributed by atoms with van der Waals surface area (Å²) in [4.78, 5) is 11.3. The number of aromatic nitrogens is 2. The van der Waals surface area contributed by atoms with Crippen LogP contribution >= 0.6 is 0 Å². The summed E-state index contributed by atoms with van der Waals surface area (Å²) in [6.07, 6.45) is 3.54. The van der Waals surface area contributed by atoms with Crippen molar-refractivity contribution in [1.82, 2.24) is 15.1 Å². The fourth-order valence-corrected chi connectivity index (χ4v) is 1.44. The van der Waals surface area contributed by atoms with E-state index in [4.69, 9.17) is 5.73 Å². The second kappa shape index (κ2) is 5.65. The van der Waals surface area contributed by atoms with Gasteiger partial charge in [0.05, 0.1) is 6.20 Å². The molecule has 0 saturated heterocycles. The van der Waals surface area contributed by atoms with E-state index in [1.807, 2.05) is 13.1 Å². The number of nitrogens with two attached hydrogens (primary N) is 1. The van der Waals surface area contributed by atoms with E-state index < -0.39 is 6.04 Å². The van der Waals surface area contributed by atoms with Crippen molar-refractivity contribution in [2.75, 3.05) is 6.54 Å². The molecular formula is C11H20N4O. The first-order chi connectivity index (χ1) is 7.54. The lowest BCUT2D eigenvalue weighted by atomic mass is 10.1. The van der Waals surface area contributed by atoms with E-state index >= 15 is 0 Å². The summed E-state index contributed by atoms with van der Waals surface area (Å²) in [5, 5.41) is 7.28. The first-order valence-electron chi connectivity index (χ1n) is 5.59. The van der Waals surface area contributed by atoms with E-state index in [1.54, 1.807) is 10.9 Å². The highest BCUT2D eigenvalue weighted by Gasteiger charge is 2.18. The van der Waals surface area contributed by atoms with Gasteiger partial charge in [0.25, 0.3) is 0 Å². The van der Waals surface area contributed by atoms with Gasteiger partial charge < -0.3 is 11.1 Å². The van der Waals surface area contributed by atoms with Crippen LogP contribution in [-0.4, -0.2) is 22.2 Å². The minimum absolute atomic E-state index is 0.365. The number of rotatable bonds is 6. The molecule has 1 amide bonds. The lowest BCUT2D eigenvalue weighted by Crippen LogP contribution is -2.35. The third-order valence-corrected chi connectivity index (χ3v) is 2.33. The van der Waals surface area contributed by atoms with Gasteiger partial charge in [-0.1, -0.05) is 13.8 Å². The van der Waals surface area contributed by atoms with Gasteiger partial charge in [-0.25, -0.2) is 0 Å². The Kier molecular flexibility index (Phi) is 4.49. The molecule has 1 rings (SSSR count). The quantitative estimate of drug-likeness (QED) is 0.746. The van der Waals surface area contributed by atoms with Gasteiger partial charge >= 0.3 is 0 Å². The first kappa shape index (κ1) is 12.7. The summed E-state index contributed by atoms with van der Waals surface area (Å²) in [7, 11) is 0. The molecule has 3 N–H and O–H groups in total. The van der Waals surface area contributed by atoms with Crippen LogP contribution in [0.1, 0.15) is 32.4 Å². The zero-order valence-corrected chi connectivity index (χ0v) is 10.1. The van der Waals surface area contributed by atoms with Gasteiger partial charge in [0.1, 0.15) is 6.04 Å². The number of nitrogens with zero attached hydrogens (tertiary/aromatic N) is 2. The Morgan fingerprint density at radius 1 is 1.62 bits per heavy atom. The van der Waals surface area contributed by atoms with Crippen LogP contribution < -0.4 is 11.1 Å². The molecule has 90 valence electrons. The number of hydrogen-bond donors (Lipinski definition) is 2. The fourth-order valence-electron chi connectivity index (χ4n) is 1.44. The third-order valence-electron chi connectivity index (χ3n) is 2.33. The van der Waals surface area contributed by atoms with Gasteiger partial charge in [0, 0.05) is 18.3 Å². The molecule has 1 aromatic rings. The summed E-state index contributed by atoms with van der Waals surface area (Å²) < 4.78 is 1.78. The molecule has 0 aliphatic rings. The van der Waals surface area contributed by atoms with Crippen molar-refractivity contribution in [3.8, 4) is 0 Å². The zero-order valence-electron chi connectivity index (χ0n) is 10.1. The van der Waals surface area contributed by atoms with Crippen LogP contribution in [0.3, 0.4) is 0 Å². The van der Waals surface area contributed by atoms with E-state index in [0.717, 1.165) is 18.7 Å². The molecule has 16 heavy (non-hydrogen) atoms. The van der Waals surface area contributed by atoms with Crippen molar-refractivity contribution >= 4 is 5.91 Å². The molecule has 1 unspecified atom stereocenters. The molecule has 0 fully saturated rings. The normalized spacial score (nSPS) is 13.0. The maximum atomic E-state index is 11.3. The Bertz CT molecular complexity index is 346. The molecule has 0 radical (unpaired) electrons. The number of nitrogens with one attached hydrogen (secondary N) is 1. The van der Waals surface area contributed by atoms with Gasteiger partial charge in [-0.2, -0.15) is 5.10 Å². The summed E-state index contributed by atoms with van der Waals surface area (Å²) in [5.74, 6) is 0.111. The number of primary amides is 1. The average molecular weight is 224 g/mol. The molecular weight excluding hydrogens is 204 g/mol. The summed E-state index contributed by atoms with van der Waals surface area (Å²) >= 11 is 0. The van der Waals surface area contributed by atoms with Crippen LogP contribution in [0.25, 0.3) is 0 Å². The second-order valence-electron chi connectivity index (χ2n) is 4.27. The van der Waals surface area contributed by atoms with Crippen LogP contribution in [0.15, 0.2) is 12.4 Å². The highest BCUT2D eigenvalue weighted by atomic mass is 16.1. The first-order valence-corrected chi connectivity index (χ1v) is 5.59. The lowest BCUT2D eigenvalue weighted by molar-refractivity contribution is -0.120. The number of amides is 1. The molecule has 0 spiro atoms. The van der Waals surface area contributed by atoms with Crippen LogP contribution in [0.5, 0.6) is 0 Å². The van der Waals surface area contributed by atoms with Gasteiger partial charge in [-0.05, 0) is 19.4 Å². The van der Waals surface area contributed by atoms with Gasteiger partial charge in [-0.15, -0.1) is 0 Å². The van der Waals surface area contributed by atoms with E-state index in [9.17, 15) is 4.79 Å². The molecule has 0 saturated carbocycles. The van der Waals surface area contributed by atoms with Crippen LogP contribution in [0, 0.1) is 5.92 Å². The second-order valence-corrected chi connectivity index (χ2v) is 4.27. The van der Waals surface area contributed by atoms with Crippen LogP contribution in [0.2, 0.25) is 0 Å². The van der Waals surface area contributed by atoms with E-state index in [-0.39, 0.29) is 5.91 Å². The monoisotopic (exact) mass is 224 g/mol. The van der Waals surface area contributed by atoms with Crippen molar-refractivity contribution in [2.45, 2.75) is 33.4 Å². The Balaban J connectivity index is 2.73. The molecule has 0 bridgehead atoms. The molecule has 1 atom stereocenters. The standard InChI is InChI=1S/C11H20N4O/c1-4-15-7-9(6-14-15)10(11(12)16)13-5-8(2)3/h6-8,10,13H,4-5H2,1-3H3,(H2,12,16). The van der Waals surface area contributed by atoms with Crippen LogP contribution in [-0.2, 0) is 11.3 Å². The Hall–Kier alpha value is -1.36. The van der Waals surface area contributed by atoms with Crippen molar-refractivity contribution in [3.05, 3.63) is 18.0 Å². The Labute approximate surface area is 96.0 Å². The smallest absolute Gasteiger partial charge is 0.239 e. The molecule has 5 heteroatoms. The summed E-state index contributed by atoms with van der Waals surface area (Å²) in [6, 6.07) is -0.442. The molecule has 0 aromatic carbocycles. The summed E-state index contributed by atoms with van der Waals surface area (Å²) in [5.41, 5.74) is 6.20. The topological polar surface area (TPSA) is 72.9 Å². The number of aryl methyl sites for hydroxylation is 1. The fraction of sp³-hybridized carbons (Fsp3) is 0.636. The molecule has 5 nitrogen and oxygen atoms in total. The molecule has 0 aliphatic heterocycles. The summed E-state index contributed by atoms with van der Waals surface area (Å²) in [6.45, 7) is 7.71. The maximum Gasteiger partial charge on any atom is 0.239 e. The Morgan fingerprint density at radius 3 is 2.75 bits per heavy atom. The van der Waals surface area contributed by atoms with Gasteiger partial charge in [0.15, 0.2) is 0 Å². The lowest BCUT2D eigenvalue weighted by Gasteiger charge is -2.15. The number of carbonyl (C=O) groups excluding carboxylic acids is 1. The van der Waals surface area contributed by atoms with E-state index in [2.05, 4.69) is 24.3 Å². The van der Waals surface area contributed by atoms with E-state index in [1.165, 1.54) is 0 Å². The largest absolute Gasteiger partial charge is 0.368 e. The zero-order chi connectivity index (χ0) is 12.1. The predicted octanol–water partition coefficient (Wildman–Crippen LogP) is 0.675. The molecule has 1 aromatic heterocycles. The van der Waals surface area contributed by atoms with Crippen LogP contribution in [0.4, 0.5) is 0 Å². The minimum atomic E-state index is -0.442. The highest BCUT2D eigenvalue weighted by Crippen LogP contribution is 2.11.